The minimum atomic E-state index is -0.247. The molecule has 1 saturated heterocycles. The van der Waals surface area contributed by atoms with Gasteiger partial charge < -0.3 is 19.3 Å². The van der Waals surface area contributed by atoms with Crippen molar-refractivity contribution in [2.75, 3.05) is 37.7 Å². The van der Waals surface area contributed by atoms with Crippen molar-refractivity contribution in [3.63, 3.8) is 0 Å². The minimum Gasteiger partial charge on any atom is -0.490 e. The molecule has 0 saturated carbocycles. The predicted octanol–water partition coefficient (Wildman–Crippen LogP) is 5.23. The fourth-order valence-corrected chi connectivity index (χ4v) is 4.13. The zero-order valence-electron chi connectivity index (χ0n) is 20.8. The van der Waals surface area contributed by atoms with Gasteiger partial charge in [0.25, 0.3) is 5.91 Å². The van der Waals surface area contributed by atoms with Crippen LogP contribution >= 0.6 is 0 Å². The molecule has 0 spiro atoms. The first-order chi connectivity index (χ1) is 17.6. The molecule has 36 heavy (non-hydrogen) atoms. The number of hydrogen-bond donors (Lipinski definition) is 0. The molecule has 1 aliphatic rings. The summed E-state index contributed by atoms with van der Waals surface area (Å²) in [6, 6.07) is 25.9. The van der Waals surface area contributed by atoms with Crippen LogP contribution in [0.5, 0.6) is 11.5 Å². The number of anilines is 1. The van der Waals surface area contributed by atoms with Gasteiger partial charge in [0, 0.05) is 31.9 Å². The summed E-state index contributed by atoms with van der Waals surface area (Å²) >= 11 is 0. The van der Waals surface area contributed by atoms with Gasteiger partial charge in [-0.25, -0.2) is 0 Å². The number of rotatable bonds is 8. The van der Waals surface area contributed by atoms with Gasteiger partial charge >= 0.3 is 0 Å². The van der Waals surface area contributed by atoms with E-state index in [1.165, 1.54) is 5.56 Å². The van der Waals surface area contributed by atoms with Crippen LogP contribution < -0.4 is 14.4 Å². The Morgan fingerprint density at radius 3 is 2.33 bits per heavy atom. The molecule has 3 aromatic carbocycles. The number of benzene rings is 3. The highest BCUT2D eigenvalue weighted by Gasteiger charge is 2.24. The molecule has 184 valence electrons. The molecule has 0 atom stereocenters. The van der Waals surface area contributed by atoms with Gasteiger partial charge in [-0.1, -0.05) is 54.1 Å². The van der Waals surface area contributed by atoms with Crippen LogP contribution in [0.25, 0.3) is 6.08 Å². The maximum Gasteiger partial charge on any atom is 0.264 e. The van der Waals surface area contributed by atoms with Gasteiger partial charge in [0.1, 0.15) is 18.2 Å². The SMILES string of the molecule is CCOc1cc(/C=C(/C#N)C(=O)N2CCN(c3ccccc3)CC2)ccc1OCc1ccc(C)cc1. The van der Waals surface area contributed by atoms with E-state index in [1.54, 1.807) is 11.0 Å². The standard InChI is InChI=1S/C30H31N3O3/c1-3-35-29-20-25(13-14-28(29)36-22-24-11-9-23(2)10-12-24)19-26(21-31)30(34)33-17-15-32(16-18-33)27-7-5-4-6-8-27/h4-14,19-20H,3,15-18,22H2,1-2H3/b26-19-. The van der Waals surface area contributed by atoms with Crippen molar-refractivity contribution >= 4 is 17.7 Å². The van der Waals surface area contributed by atoms with Crippen molar-refractivity contribution in [2.45, 2.75) is 20.5 Å². The van der Waals surface area contributed by atoms with Gasteiger partial charge in [-0.2, -0.15) is 5.26 Å². The summed E-state index contributed by atoms with van der Waals surface area (Å²) in [6.45, 7) is 7.47. The molecule has 0 aliphatic carbocycles. The molecule has 3 aromatic rings. The van der Waals surface area contributed by atoms with Gasteiger partial charge in [0.2, 0.25) is 0 Å². The first-order valence-corrected chi connectivity index (χ1v) is 12.2. The normalized spacial score (nSPS) is 13.8. The van der Waals surface area contributed by atoms with E-state index in [0.29, 0.717) is 43.4 Å². The van der Waals surface area contributed by atoms with E-state index in [-0.39, 0.29) is 11.5 Å². The third-order valence-corrected chi connectivity index (χ3v) is 6.13. The average molecular weight is 482 g/mol. The maximum absolute atomic E-state index is 13.1. The number of hydrogen-bond acceptors (Lipinski definition) is 5. The Morgan fingerprint density at radius 2 is 1.67 bits per heavy atom. The van der Waals surface area contributed by atoms with Crippen LogP contribution in [0.15, 0.2) is 78.4 Å². The monoisotopic (exact) mass is 481 g/mol. The Labute approximate surface area is 213 Å². The number of nitriles is 1. The number of carbonyl (C=O) groups excluding carboxylic acids is 1. The summed E-state index contributed by atoms with van der Waals surface area (Å²) in [6.07, 6.45) is 1.62. The molecule has 1 fully saturated rings. The summed E-state index contributed by atoms with van der Waals surface area (Å²) in [5, 5.41) is 9.74. The van der Waals surface area contributed by atoms with Gasteiger partial charge in [0.15, 0.2) is 11.5 Å². The van der Waals surface area contributed by atoms with Crippen molar-refractivity contribution in [1.82, 2.24) is 4.90 Å². The van der Waals surface area contributed by atoms with E-state index in [4.69, 9.17) is 9.47 Å². The highest BCUT2D eigenvalue weighted by Crippen LogP contribution is 2.30. The summed E-state index contributed by atoms with van der Waals surface area (Å²) in [5.74, 6) is 0.957. The Hall–Kier alpha value is -4.24. The van der Waals surface area contributed by atoms with E-state index >= 15 is 0 Å². The van der Waals surface area contributed by atoms with Crippen molar-refractivity contribution in [1.29, 1.82) is 5.26 Å². The molecule has 0 unspecified atom stereocenters. The summed E-state index contributed by atoms with van der Waals surface area (Å²) in [7, 11) is 0. The molecule has 6 heteroatoms. The average Bonchev–Trinajstić information content (AvgIpc) is 2.92. The van der Waals surface area contributed by atoms with Gasteiger partial charge in [-0.05, 0) is 55.3 Å². The zero-order chi connectivity index (χ0) is 25.3. The first-order valence-electron chi connectivity index (χ1n) is 12.2. The zero-order valence-corrected chi connectivity index (χ0v) is 20.8. The lowest BCUT2D eigenvalue weighted by Crippen LogP contribution is -2.49. The maximum atomic E-state index is 13.1. The first kappa shape index (κ1) is 24.9. The van der Waals surface area contributed by atoms with E-state index in [1.807, 2.05) is 55.5 Å². The van der Waals surface area contributed by atoms with Crippen LogP contribution in [-0.2, 0) is 11.4 Å². The van der Waals surface area contributed by atoms with Crippen LogP contribution in [0.3, 0.4) is 0 Å². The Bertz CT molecular complexity index is 1240. The second-order valence-corrected chi connectivity index (χ2v) is 8.70. The van der Waals surface area contributed by atoms with E-state index in [9.17, 15) is 10.1 Å². The van der Waals surface area contributed by atoms with Crippen molar-refractivity contribution in [3.8, 4) is 17.6 Å². The number of amides is 1. The van der Waals surface area contributed by atoms with Crippen LogP contribution in [0.1, 0.15) is 23.6 Å². The number of aryl methyl sites for hydroxylation is 1. The lowest BCUT2D eigenvalue weighted by molar-refractivity contribution is -0.126. The number of piperazine rings is 1. The molecule has 6 nitrogen and oxygen atoms in total. The summed E-state index contributed by atoms with van der Waals surface area (Å²) in [5.41, 5.74) is 4.24. The van der Waals surface area contributed by atoms with Crippen molar-refractivity contribution < 1.29 is 14.3 Å². The quantitative estimate of drug-likeness (QED) is 0.326. The molecule has 0 N–H and O–H groups in total. The predicted molar refractivity (Wildman–Crippen MR) is 142 cm³/mol. The second kappa shape index (κ2) is 11.9. The van der Waals surface area contributed by atoms with Gasteiger partial charge in [-0.15, -0.1) is 0 Å². The van der Waals surface area contributed by atoms with Crippen LogP contribution in [-0.4, -0.2) is 43.6 Å². The number of para-hydroxylation sites is 1. The highest BCUT2D eigenvalue weighted by molar-refractivity contribution is 6.01. The van der Waals surface area contributed by atoms with E-state index in [2.05, 4.69) is 42.2 Å². The molecular weight excluding hydrogens is 450 g/mol. The van der Waals surface area contributed by atoms with Crippen LogP contribution in [0.4, 0.5) is 5.69 Å². The molecular formula is C30H31N3O3. The fraction of sp³-hybridized carbons (Fsp3) is 0.267. The Morgan fingerprint density at radius 1 is 0.944 bits per heavy atom. The number of carbonyl (C=O) groups is 1. The highest BCUT2D eigenvalue weighted by atomic mass is 16.5. The molecule has 0 radical (unpaired) electrons. The summed E-state index contributed by atoms with van der Waals surface area (Å²) in [4.78, 5) is 17.1. The van der Waals surface area contributed by atoms with Gasteiger partial charge in [0.05, 0.1) is 6.61 Å². The van der Waals surface area contributed by atoms with Crippen molar-refractivity contribution in [2.24, 2.45) is 0 Å². The molecule has 4 rings (SSSR count). The number of ether oxygens (including phenoxy) is 2. The van der Waals surface area contributed by atoms with Crippen molar-refractivity contribution in [3.05, 3.63) is 95.1 Å². The number of nitrogens with zero attached hydrogens (tertiary/aromatic N) is 3. The van der Waals surface area contributed by atoms with E-state index in [0.717, 1.165) is 24.3 Å². The largest absolute Gasteiger partial charge is 0.490 e. The lowest BCUT2D eigenvalue weighted by atomic mass is 10.1. The van der Waals surface area contributed by atoms with E-state index < -0.39 is 0 Å². The molecule has 1 aliphatic heterocycles. The minimum absolute atomic E-state index is 0.110. The molecule has 1 amide bonds. The Balaban J connectivity index is 1.44. The van der Waals surface area contributed by atoms with Crippen LogP contribution in [0, 0.1) is 18.3 Å². The topological polar surface area (TPSA) is 65.8 Å². The fourth-order valence-electron chi connectivity index (χ4n) is 4.13. The second-order valence-electron chi connectivity index (χ2n) is 8.70. The summed E-state index contributed by atoms with van der Waals surface area (Å²) < 4.78 is 11.8. The van der Waals surface area contributed by atoms with Gasteiger partial charge in [-0.3, -0.25) is 4.79 Å². The third kappa shape index (κ3) is 6.25. The molecule has 0 aromatic heterocycles. The lowest BCUT2D eigenvalue weighted by Gasteiger charge is -2.36. The van der Waals surface area contributed by atoms with Crippen LogP contribution in [0.2, 0.25) is 0 Å². The smallest absolute Gasteiger partial charge is 0.264 e. The molecule has 0 bridgehead atoms. The third-order valence-electron chi connectivity index (χ3n) is 6.13. The Kier molecular flexibility index (Phi) is 8.25. The molecule has 1 heterocycles.